The van der Waals surface area contributed by atoms with E-state index in [4.69, 9.17) is 14.3 Å². The van der Waals surface area contributed by atoms with Crippen LogP contribution in [0.4, 0.5) is 0 Å². The predicted molar refractivity (Wildman–Crippen MR) is 135 cm³/mol. The fourth-order valence-corrected chi connectivity index (χ4v) is 4.14. The van der Waals surface area contributed by atoms with Gasteiger partial charge in [-0.2, -0.15) is 0 Å². The number of carbonyl (C=O) groups is 1. The third kappa shape index (κ3) is 7.59. The Labute approximate surface area is 237 Å². The summed E-state index contributed by atoms with van der Waals surface area (Å²) in [7, 11) is 0. The number of hydrogen-bond acceptors (Lipinski definition) is 8. The molecule has 0 radical (unpaired) electrons. The van der Waals surface area contributed by atoms with Gasteiger partial charge in [-0.3, -0.25) is 9.69 Å². The van der Waals surface area contributed by atoms with E-state index in [-0.39, 0.29) is 37.5 Å². The number of aryl methyl sites for hydroxylation is 1. The molecule has 0 spiro atoms. The summed E-state index contributed by atoms with van der Waals surface area (Å²) in [4.78, 5) is 17.5. The van der Waals surface area contributed by atoms with Gasteiger partial charge in [-0.15, -0.1) is 11.7 Å². The molecule has 4 rings (SSSR count). The van der Waals surface area contributed by atoms with Gasteiger partial charge in [-0.05, 0) is 48.3 Å². The van der Waals surface area contributed by atoms with Crippen LogP contribution in [0.1, 0.15) is 18.4 Å². The van der Waals surface area contributed by atoms with Crippen LogP contribution in [-0.4, -0.2) is 50.2 Å². The molecule has 0 fully saturated rings. The first-order valence-electron chi connectivity index (χ1n) is 11.1. The Morgan fingerprint density at radius 2 is 2.03 bits per heavy atom. The van der Waals surface area contributed by atoms with Crippen molar-refractivity contribution in [1.82, 2.24) is 19.5 Å². The van der Waals surface area contributed by atoms with Crippen molar-refractivity contribution < 1.29 is 50.0 Å². The van der Waals surface area contributed by atoms with Crippen LogP contribution in [0, 0.1) is 6.92 Å². The van der Waals surface area contributed by atoms with E-state index in [0.717, 1.165) is 39.6 Å². The van der Waals surface area contributed by atoms with Gasteiger partial charge >= 0.3 is 35.5 Å². The average molecular weight is 515 g/mol. The van der Waals surface area contributed by atoms with E-state index >= 15 is 0 Å². The molecule has 4 aromatic rings. The van der Waals surface area contributed by atoms with E-state index in [1.807, 2.05) is 60.8 Å². The minimum atomic E-state index is -0.866. The number of hydrogen-bond donors (Lipinski definition) is 1. The Morgan fingerprint density at radius 3 is 2.72 bits per heavy atom. The number of ether oxygens (including phenoxy) is 1. The molecule has 0 aliphatic rings. The standard InChI is InChI=1S/C26H26N4O4S.Na.H/c1-3-12-30(16-25(31)32)15-19-5-4-6-22(14-19)33-13-11-23-18(2)34-26(27-23)21-9-7-20(8-10-21)24-17-35-29-28-24;;/h3-10,14,17H,1,11-13,15-16H2,2H3,(H,31,32);;/q;+1;-1. The monoisotopic (exact) mass is 514 g/mol. The summed E-state index contributed by atoms with van der Waals surface area (Å²) in [6.07, 6.45) is 2.30. The predicted octanol–water partition coefficient (Wildman–Crippen LogP) is 1.98. The number of carboxylic acids is 1. The van der Waals surface area contributed by atoms with Crippen molar-refractivity contribution in [1.29, 1.82) is 0 Å². The molecule has 0 saturated heterocycles. The average Bonchev–Trinajstić information content (AvgIpc) is 3.50. The quantitative estimate of drug-likeness (QED) is 0.226. The molecule has 182 valence electrons. The number of nitrogens with zero attached hydrogens (tertiary/aromatic N) is 4. The van der Waals surface area contributed by atoms with Crippen LogP contribution in [0.15, 0.2) is 71.0 Å². The van der Waals surface area contributed by atoms with Crippen molar-refractivity contribution >= 4 is 17.5 Å². The first kappa shape index (κ1) is 27.8. The molecule has 2 heterocycles. The Kier molecular flexibility index (Phi) is 10.4. The third-order valence-corrected chi connectivity index (χ3v) is 5.84. The Morgan fingerprint density at radius 1 is 1.25 bits per heavy atom. The van der Waals surface area contributed by atoms with Crippen molar-refractivity contribution in [2.24, 2.45) is 0 Å². The van der Waals surface area contributed by atoms with Crippen LogP contribution in [0.5, 0.6) is 5.75 Å². The van der Waals surface area contributed by atoms with Crippen molar-refractivity contribution in [2.45, 2.75) is 19.9 Å². The molecule has 0 atom stereocenters. The summed E-state index contributed by atoms with van der Waals surface area (Å²) in [5, 5.41) is 15.1. The fraction of sp³-hybridized carbons (Fsp3) is 0.231. The van der Waals surface area contributed by atoms with Crippen LogP contribution >= 0.6 is 11.5 Å². The molecule has 8 nitrogen and oxygen atoms in total. The van der Waals surface area contributed by atoms with Gasteiger partial charge in [-0.25, -0.2) is 4.98 Å². The van der Waals surface area contributed by atoms with Gasteiger partial charge in [0.2, 0.25) is 5.89 Å². The molecule has 2 aromatic carbocycles. The molecular weight excluding hydrogens is 487 g/mol. The second-order valence-electron chi connectivity index (χ2n) is 7.99. The van der Waals surface area contributed by atoms with E-state index in [9.17, 15) is 4.79 Å². The van der Waals surface area contributed by atoms with Crippen molar-refractivity contribution in [2.75, 3.05) is 19.7 Å². The maximum atomic E-state index is 11.1. The number of aromatic nitrogens is 3. The molecule has 0 aliphatic carbocycles. The minimum Gasteiger partial charge on any atom is -1.00 e. The molecule has 0 amide bonds. The summed E-state index contributed by atoms with van der Waals surface area (Å²) in [5.74, 6) is 1.20. The zero-order valence-corrected chi connectivity index (χ0v) is 23.2. The molecule has 36 heavy (non-hydrogen) atoms. The maximum Gasteiger partial charge on any atom is 1.00 e. The Bertz CT molecular complexity index is 1280. The number of aliphatic carboxylic acids is 1. The second kappa shape index (κ2) is 13.5. The van der Waals surface area contributed by atoms with Crippen LogP contribution in [0.25, 0.3) is 22.7 Å². The number of carboxylic acid groups (broad SMARTS) is 1. The summed E-state index contributed by atoms with van der Waals surface area (Å²) in [5.41, 5.74) is 4.56. The molecule has 10 heteroatoms. The van der Waals surface area contributed by atoms with Gasteiger partial charge in [-0.1, -0.05) is 34.8 Å². The molecule has 0 bridgehead atoms. The SMILES string of the molecule is C=CCN(CC(=O)O)Cc1cccc(OCCc2nc(-c3ccc(-c4csnn4)cc3)oc2C)c1.[H-].[Na+]. The smallest absolute Gasteiger partial charge is 1.00 e. The van der Waals surface area contributed by atoms with Gasteiger partial charge < -0.3 is 15.7 Å². The van der Waals surface area contributed by atoms with Crippen molar-refractivity contribution in [3.8, 4) is 28.5 Å². The third-order valence-electron chi connectivity index (χ3n) is 5.34. The largest absolute Gasteiger partial charge is 1.00 e. The topological polar surface area (TPSA) is 102 Å². The Hall–Kier alpha value is -2.82. The molecule has 0 aliphatic heterocycles. The van der Waals surface area contributed by atoms with Crippen LogP contribution in [-0.2, 0) is 17.8 Å². The normalized spacial score (nSPS) is 10.7. The summed E-state index contributed by atoms with van der Waals surface area (Å²) < 4.78 is 15.8. The van der Waals surface area contributed by atoms with Gasteiger partial charge in [0.05, 0.1) is 18.8 Å². The number of rotatable bonds is 12. The van der Waals surface area contributed by atoms with Gasteiger partial charge in [0.1, 0.15) is 17.2 Å². The van der Waals surface area contributed by atoms with Crippen LogP contribution in [0.3, 0.4) is 0 Å². The summed E-state index contributed by atoms with van der Waals surface area (Å²) in [6.45, 7) is 6.99. The van der Waals surface area contributed by atoms with Gasteiger partial charge in [0.25, 0.3) is 0 Å². The Balaban J connectivity index is 0.00000241. The molecule has 0 saturated carbocycles. The van der Waals surface area contributed by atoms with Crippen molar-refractivity contribution in [3.05, 3.63) is 83.6 Å². The second-order valence-corrected chi connectivity index (χ2v) is 8.60. The van der Waals surface area contributed by atoms with Gasteiger partial charge in [0.15, 0.2) is 0 Å². The van der Waals surface area contributed by atoms with E-state index in [0.29, 0.717) is 32.0 Å². The van der Waals surface area contributed by atoms with E-state index in [2.05, 4.69) is 21.1 Å². The zero-order chi connectivity index (χ0) is 24.6. The molecular formula is C26H27N4NaO4S. The van der Waals surface area contributed by atoms with E-state index < -0.39 is 5.97 Å². The maximum absolute atomic E-state index is 11.1. The van der Waals surface area contributed by atoms with Crippen molar-refractivity contribution in [3.63, 3.8) is 0 Å². The number of benzene rings is 2. The molecule has 1 N–H and O–H groups in total. The summed E-state index contributed by atoms with van der Waals surface area (Å²) >= 11 is 1.32. The van der Waals surface area contributed by atoms with E-state index in [1.54, 1.807) is 11.0 Å². The summed E-state index contributed by atoms with van der Waals surface area (Å²) in [6, 6.07) is 15.6. The number of oxazole rings is 1. The molecule has 0 unspecified atom stereocenters. The van der Waals surface area contributed by atoms with Crippen LogP contribution in [0.2, 0.25) is 0 Å². The first-order valence-corrected chi connectivity index (χ1v) is 12.0. The zero-order valence-electron chi connectivity index (χ0n) is 21.4. The fourth-order valence-electron chi connectivity index (χ4n) is 3.67. The van der Waals surface area contributed by atoms with E-state index in [1.165, 1.54) is 11.5 Å². The van der Waals surface area contributed by atoms with Gasteiger partial charge in [0, 0.05) is 36.0 Å². The minimum absolute atomic E-state index is 0. The first-order chi connectivity index (χ1) is 17.0. The molecule has 2 aromatic heterocycles. The van der Waals surface area contributed by atoms with Crippen LogP contribution < -0.4 is 34.3 Å².